The molecule has 3 fully saturated rings. The van der Waals surface area contributed by atoms with E-state index < -0.39 is 17.8 Å². The zero-order valence-electron chi connectivity index (χ0n) is 10.4. The van der Waals surface area contributed by atoms with Crippen molar-refractivity contribution in [2.45, 2.75) is 19.8 Å². The Morgan fingerprint density at radius 2 is 1.72 bits per heavy atom. The first kappa shape index (κ1) is 11.8. The Kier molecular flexibility index (Phi) is 2.68. The highest BCUT2D eigenvalue weighted by molar-refractivity contribution is 5.82. The monoisotopic (exact) mass is 250 g/mol. The van der Waals surface area contributed by atoms with Gasteiger partial charge in [-0.2, -0.15) is 0 Å². The number of carbonyl (C=O) groups is 2. The number of carboxylic acids is 1. The lowest BCUT2D eigenvalue weighted by Gasteiger charge is -2.56. The average molecular weight is 250 g/mol. The van der Waals surface area contributed by atoms with E-state index in [1.807, 2.05) is 0 Å². The summed E-state index contributed by atoms with van der Waals surface area (Å²) in [6.07, 6.45) is 6.16. The van der Waals surface area contributed by atoms with Crippen LogP contribution in [0.25, 0.3) is 0 Å². The first-order valence-corrected chi connectivity index (χ1v) is 6.73. The molecule has 0 aromatic rings. The summed E-state index contributed by atoms with van der Waals surface area (Å²) < 4.78 is 5.10. The van der Waals surface area contributed by atoms with Crippen LogP contribution >= 0.6 is 0 Å². The molecule has 0 spiro atoms. The molecule has 4 aliphatic rings. The van der Waals surface area contributed by atoms with Crippen LogP contribution in [-0.4, -0.2) is 23.7 Å². The minimum Gasteiger partial charge on any atom is -0.481 e. The molecule has 4 aliphatic carbocycles. The molecule has 4 nitrogen and oxygen atoms in total. The summed E-state index contributed by atoms with van der Waals surface area (Å²) in [5.41, 5.74) is 0. The van der Waals surface area contributed by atoms with Crippen LogP contribution in [0.5, 0.6) is 0 Å². The van der Waals surface area contributed by atoms with Crippen LogP contribution in [0, 0.1) is 35.5 Å². The minimum absolute atomic E-state index is 0.122. The molecule has 1 N–H and O–H groups in total. The van der Waals surface area contributed by atoms with Crippen molar-refractivity contribution < 1.29 is 19.4 Å². The Morgan fingerprint density at radius 3 is 2.17 bits per heavy atom. The zero-order valence-corrected chi connectivity index (χ0v) is 10.4. The molecule has 18 heavy (non-hydrogen) atoms. The summed E-state index contributed by atoms with van der Waals surface area (Å²) in [5.74, 6) is -1.03. The lowest BCUT2D eigenvalue weighted by atomic mass is 9.47. The highest BCUT2D eigenvalue weighted by Crippen LogP contribution is 2.59. The molecular weight excluding hydrogens is 232 g/mol. The second kappa shape index (κ2) is 4.11. The first-order chi connectivity index (χ1) is 8.65. The maximum absolute atomic E-state index is 12.1. The van der Waals surface area contributed by atoms with Gasteiger partial charge in [0.1, 0.15) is 0 Å². The Balaban J connectivity index is 1.92. The maximum Gasteiger partial charge on any atom is 0.310 e. The van der Waals surface area contributed by atoms with Gasteiger partial charge in [-0.1, -0.05) is 12.2 Å². The van der Waals surface area contributed by atoms with Gasteiger partial charge in [-0.3, -0.25) is 9.59 Å². The summed E-state index contributed by atoms with van der Waals surface area (Å²) in [5, 5.41) is 9.44. The van der Waals surface area contributed by atoms with E-state index in [2.05, 4.69) is 12.2 Å². The van der Waals surface area contributed by atoms with Crippen molar-refractivity contribution in [2.24, 2.45) is 35.5 Å². The third-order valence-electron chi connectivity index (χ3n) is 4.98. The maximum atomic E-state index is 12.1. The first-order valence-electron chi connectivity index (χ1n) is 6.73. The third-order valence-corrected chi connectivity index (χ3v) is 4.98. The molecule has 98 valence electrons. The van der Waals surface area contributed by atoms with Gasteiger partial charge < -0.3 is 9.84 Å². The number of hydrogen-bond donors (Lipinski definition) is 1. The molecule has 0 aromatic heterocycles. The molecule has 3 saturated carbocycles. The van der Waals surface area contributed by atoms with Crippen molar-refractivity contribution in [2.75, 3.05) is 6.61 Å². The smallest absolute Gasteiger partial charge is 0.310 e. The van der Waals surface area contributed by atoms with Crippen LogP contribution in [0.3, 0.4) is 0 Å². The zero-order chi connectivity index (χ0) is 12.9. The summed E-state index contributed by atoms with van der Waals surface area (Å²) in [6.45, 7) is 2.09. The lowest BCUT2D eigenvalue weighted by Crippen LogP contribution is -2.57. The van der Waals surface area contributed by atoms with Crippen LogP contribution < -0.4 is 0 Å². The van der Waals surface area contributed by atoms with Crippen LogP contribution in [0.15, 0.2) is 12.2 Å². The molecule has 0 radical (unpaired) electrons. The van der Waals surface area contributed by atoms with Gasteiger partial charge in [-0.25, -0.2) is 0 Å². The minimum atomic E-state index is -0.832. The SMILES string of the molecule is CCOC(=O)C1[C@H]2CC[C@H](C3C=CC32)[C@@H]1C(=O)O. The topological polar surface area (TPSA) is 63.6 Å². The summed E-state index contributed by atoms with van der Waals surface area (Å²) in [4.78, 5) is 23.6. The fourth-order valence-electron chi connectivity index (χ4n) is 4.26. The molecule has 0 saturated heterocycles. The third kappa shape index (κ3) is 1.44. The van der Waals surface area contributed by atoms with Gasteiger partial charge in [0, 0.05) is 0 Å². The Labute approximate surface area is 106 Å². The predicted molar refractivity (Wildman–Crippen MR) is 63.6 cm³/mol. The average Bonchev–Trinajstić information content (AvgIpc) is 2.27. The van der Waals surface area contributed by atoms with Crippen molar-refractivity contribution in [3.05, 3.63) is 12.2 Å². The molecule has 0 heterocycles. The standard InChI is InChI=1S/C14H18O4/c1-2-18-14(17)12-10-6-5-9(11(12)13(15)16)7-3-4-8(7)10/h3-4,7-12H,2,5-6H2,1H3,(H,15,16)/t7?,8?,9-,10+,11+,12?/m1/s1. The number of carbonyl (C=O) groups excluding carboxylic acids is 1. The molecule has 0 aliphatic heterocycles. The number of esters is 1. The van der Waals surface area contributed by atoms with Gasteiger partial charge in [0.15, 0.2) is 0 Å². The van der Waals surface area contributed by atoms with E-state index in [-0.39, 0.29) is 17.8 Å². The van der Waals surface area contributed by atoms with E-state index >= 15 is 0 Å². The van der Waals surface area contributed by atoms with E-state index in [9.17, 15) is 14.7 Å². The van der Waals surface area contributed by atoms with Crippen LogP contribution in [0.4, 0.5) is 0 Å². The number of aliphatic carboxylic acids is 1. The Hall–Kier alpha value is -1.32. The van der Waals surface area contributed by atoms with E-state index in [1.54, 1.807) is 6.92 Å². The van der Waals surface area contributed by atoms with Gasteiger partial charge in [-0.15, -0.1) is 0 Å². The van der Waals surface area contributed by atoms with Crippen molar-refractivity contribution >= 4 is 11.9 Å². The quantitative estimate of drug-likeness (QED) is 0.611. The second-order valence-electron chi connectivity index (χ2n) is 5.59. The van der Waals surface area contributed by atoms with Crippen molar-refractivity contribution in [3.8, 4) is 0 Å². The summed E-state index contributed by atoms with van der Waals surface area (Å²) in [6, 6.07) is 0. The number of hydrogen-bond acceptors (Lipinski definition) is 3. The highest BCUT2D eigenvalue weighted by Gasteiger charge is 2.59. The molecule has 3 unspecified atom stereocenters. The van der Waals surface area contributed by atoms with Crippen molar-refractivity contribution in [3.63, 3.8) is 0 Å². The Bertz CT molecular complexity index is 414. The second-order valence-corrected chi connectivity index (χ2v) is 5.59. The van der Waals surface area contributed by atoms with Gasteiger partial charge in [-0.05, 0) is 43.4 Å². The van der Waals surface area contributed by atoms with E-state index in [0.717, 1.165) is 12.8 Å². The number of allylic oxidation sites excluding steroid dienone is 2. The molecule has 4 heteroatoms. The molecule has 0 aromatic carbocycles. The molecule has 0 amide bonds. The Morgan fingerprint density at radius 1 is 1.17 bits per heavy atom. The van der Waals surface area contributed by atoms with Crippen LogP contribution in [-0.2, 0) is 14.3 Å². The highest BCUT2D eigenvalue weighted by atomic mass is 16.5. The lowest BCUT2D eigenvalue weighted by molar-refractivity contribution is -0.176. The predicted octanol–water partition coefficient (Wildman–Crippen LogP) is 1.71. The van der Waals surface area contributed by atoms with Crippen molar-refractivity contribution in [1.29, 1.82) is 0 Å². The van der Waals surface area contributed by atoms with E-state index in [0.29, 0.717) is 18.4 Å². The number of carboxylic acid groups (broad SMARTS) is 1. The molecule has 6 atom stereocenters. The van der Waals surface area contributed by atoms with Crippen LogP contribution in [0.1, 0.15) is 19.8 Å². The van der Waals surface area contributed by atoms with Gasteiger partial charge in [0.25, 0.3) is 0 Å². The fraction of sp³-hybridized carbons (Fsp3) is 0.714. The molecule has 4 rings (SSSR count). The van der Waals surface area contributed by atoms with E-state index in [4.69, 9.17) is 4.74 Å². The van der Waals surface area contributed by atoms with Gasteiger partial charge >= 0.3 is 11.9 Å². The summed E-state index contributed by atoms with van der Waals surface area (Å²) in [7, 11) is 0. The summed E-state index contributed by atoms with van der Waals surface area (Å²) >= 11 is 0. The van der Waals surface area contributed by atoms with E-state index in [1.165, 1.54) is 0 Å². The molecular formula is C14H18O4. The van der Waals surface area contributed by atoms with Crippen LogP contribution in [0.2, 0.25) is 0 Å². The number of ether oxygens (including phenoxy) is 1. The largest absolute Gasteiger partial charge is 0.481 e. The fourth-order valence-corrected chi connectivity index (χ4v) is 4.26. The van der Waals surface area contributed by atoms with Gasteiger partial charge in [0.05, 0.1) is 18.4 Å². The normalized spacial score (nSPS) is 44.1. The molecule has 2 bridgehead atoms. The van der Waals surface area contributed by atoms with Gasteiger partial charge in [0.2, 0.25) is 0 Å². The number of fused-ring (bicyclic) bond motifs is 2. The number of rotatable bonds is 3. The van der Waals surface area contributed by atoms with Crippen molar-refractivity contribution in [1.82, 2.24) is 0 Å².